The summed E-state index contributed by atoms with van der Waals surface area (Å²) < 4.78 is 8.73. The molecule has 0 saturated carbocycles. The maximum absolute atomic E-state index is 6.34. The van der Waals surface area contributed by atoms with Crippen molar-refractivity contribution < 1.29 is 4.42 Å². The van der Waals surface area contributed by atoms with Gasteiger partial charge in [0.1, 0.15) is 11.2 Å². The van der Waals surface area contributed by atoms with Crippen LogP contribution >= 0.6 is 0 Å². The first-order valence-corrected chi connectivity index (χ1v) is 15.9. The highest BCUT2D eigenvalue weighted by atomic mass is 16.3. The molecular formula is C42H36BNO. The molecule has 45 heavy (non-hydrogen) atoms. The summed E-state index contributed by atoms with van der Waals surface area (Å²) in [6.07, 6.45) is 0. The Morgan fingerprint density at radius 2 is 1.02 bits per heavy atom. The van der Waals surface area contributed by atoms with Crippen LogP contribution in [0.5, 0.6) is 0 Å². The van der Waals surface area contributed by atoms with Gasteiger partial charge in [0, 0.05) is 33.3 Å². The topological polar surface area (TPSA) is 18.1 Å². The molecule has 0 N–H and O–H groups in total. The molecule has 0 atom stereocenters. The molecule has 0 radical (unpaired) electrons. The molecule has 3 heteroatoms. The zero-order chi connectivity index (χ0) is 31.0. The van der Waals surface area contributed by atoms with Crippen LogP contribution in [0.25, 0.3) is 49.4 Å². The fraction of sp³-hybridized carbons (Fsp3) is 0.143. The van der Waals surface area contributed by atoms with Gasteiger partial charge in [-0.3, -0.25) is 0 Å². The quantitative estimate of drug-likeness (QED) is 0.190. The van der Waals surface area contributed by atoms with Gasteiger partial charge in [-0.1, -0.05) is 123 Å². The standard InChI is InChI=1S/C42H36BNO/c1-25-19-27(3)41(28(4)20-25)43(42-29(5)21-26(2)22-30(42)6)31-15-17-32(18-16-31)44-37-13-9-7-11-33(37)35-23-36-34-12-8-10-14-39(34)45-40(36)24-38(35)44/h7-24H,1-6H3. The van der Waals surface area contributed by atoms with Gasteiger partial charge >= 0.3 is 0 Å². The Bertz CT molecular complexity index is 2340. The Morgan fingerprint density at radius 3 is 1.64 bits per heavy atom. The van der Waals surface area contributed by atoms with Crippen molar-refractivity contribution in [2.75, 3.05) is 0 Å². The summed E-state index contributed by atoms with van der Waals surface area (Å²) in [5.74, 6) is 0. The van der Waals surface area contributed by atoms with Gasteiger partial charge in [-0.05, 0) is 71.9 Å². The molecule has 2 heterocycles. The Labute approximate surface area is 265 Å². The van der Waals surface area contributed by atoms with Crippen molar-refractivity contribution in [1.29, 1.82) is 0 Å². The molecule has 0 aliphatic heterocycles. The van der Waals surface area contributed by atoms with Crippen LogP contribution in [0.2, 0.25) is 0 Å². The van der Waals surface area contributed by atoms with Crippen LogP contribution in [0.1, 0.15) is 33.4 Å². The van der Waals surface area contributed by atoms with E-state index in [9.17, 15) is 0 Å². The average molecular weight is 582 g/mol. The lowest BCUT2D eigenvalue weighted by Crippen LogP contribution is -2.55. The third kappa shape index (κ3) is 4.33. The minimum atomic E-state index is 0.147. The number of rotatable bonds is 4. The highest BCUT2D eigenvalue weighted by Gasteiger charge is 2.28. The Hall–Kier alpha value is -5.02. The molecule has 218 valence electrons. The third-order valence-electron chi connectivity index (χ3n) is 9.71. The second kappa shape index (κ2) is 10.3. The third-order valence-corrected chi connectivity index (χ3v) is 9.71. The molecule has 2 aromatic heterocycles. The number of hydrogen-bond donors (Lipinski definition) is 0. The van der Waals surface area contributed by atoms with Crippen LogP contribution in [-0.2, 0) is 0 Å². The summed E-state index contributed by atoms with van der Waals surface area (Å²) in [4.78, 5) is 0. The minimum absolute atomic E-state index is 0.147. The number of aryl methyl sites for hydroxylation is 6. The fourth-order valence-electron chi connectivity index (χ4n) is 8.05. The van der Waals surface area contributed by atoms with Gasteiger partial charge in [-0.2, -0.15) is 0 Å². The zero-order valence-electron chi connectivity index (χ0n) is 26.8. The van der Waals surface area contributed by atoms with Crippen molar-refractivity contribution in [2.45, 2.75) is 41.5 Å². The average Bonchev–Trinajstić information content (AvgIpc) is 3.53. The van der Waals surface area contributed by atoms with E-state index < -0.39 is 0 Å². The van der Waals surface area contributed by atoms with E-state index >= 15 is 0 Å². The maximum atomic E-state index is 6.34. The molecular weight excluding hydrogens is 545 g/mol. The fourth-order valence-corrected chi connectivity index (χ4v) is 8.05. The lowest BCUT2D eigenvalue weighted by molar-refractivity contribution is 0.669. The van der Waals surface area contributed by atoms with Gasteiger partial charge in [0.15, 0.2) is 0 Å². The van der Waals surface area contributed by atoms with Gasteiger partial charge in [-0.25, -0.2) is 0 Å². The van der Waals surface area contributed by atoms with Crippen molar-refractivity contribution in [3.05, 3.63) is 143 Å². The van der Waals surface area contributed by atoms with E-state index in [4.69, 9.17) is 4.42 Å². The first kappa shape index (κ1) is 27.5. The summed E-state index contributed by atoms with van der Waals surface area (Å²) >= 11 is 0. The number of hydrogen-bond acceptors (Lipinski definition) is 1. The maximum Gasteiger partial charge on any atom is 0.242 e. The smallest absolute Gasteiger partial charge is 0.242 e. The van der Waals surface area contributed by atoms with Gasteiger partial charge in [0.05, 0.1) is 11.0 Å². The lowest BCUT2D eigenvalue weighted by atomic mass is 9.34. The molecule has 8 aromatic rings. The molecule has 0 unspecified atom stereocenters. The zero-order valence-corrected chi connectivity index (χ0v) is 26.8. The first-order chi connectivity index (χ1) is 21.8. The Balaban J connectivity index is 1.34. The van der Waals surface area contributed by atoms with E-state index in [0.717, 1.165) is 33.1 Å². The molecule has 8 rings (SSSR count). The number of para-hydroxylation sites is 2. The molecule has 0 amide bonds. The van der Waals surface area contributed by atoms with Gasteiger partial charge < -0.3 is 8.98 Å². The minimum Gasteiger partial charge on any atom is -0.456 e. The van der Waals surface area contributed by atoms with Crippen molar-refractivity contribution >= 4 is 66.8 Å². The number of benzene rings is 6. The summed E-state index contributed by atoms with van der Waals surface area (Å²) in [5.41, 5.74) is 17.5. The van der Waals surface area contributed by atoms with Crippen LogP contribution in [0, 0.1) is 41.5 Å². The van der Waals surface area contributed by atoms with Crippen LogP contribution in [0.3, 0.4) is 0 Å². The molecule has 2 nitrogen and oxygen atoms in total. The normalized spacial score (nSPS) is 11.8. The Kier molecular flexibility index (Phi) is 6.29. The van der Waals surface area contributed by atoms with E-state index in [1.165, 1.54) is 66.1 Å². The van der Waals surface area contributed by atoms with Crippen molar-refractivity contribution in [3.8, 4) is 5.69 Å². The van der Waals surface area contributed by atoms with Crippen molar-refractivity contribution in [2.24, 2.45) is 0 Å². The van der Waals surface area contributed by atoms with E-state index in [-0.39, 0.29) is 6.71 Å². The molecule has 0 aliphatic rings. The molecule has 0 saturated heterocycles. The van der Waals surface area contributed by atoms with Gasteiger partial charge in [0.2, 0.25) is 6.71 Å². The van der Waals surface area contributed by atoms with E-state index in [2.05, 4.69) is 149 Å². The number of furan rings is 1. The molecule has 0 fully saturated rings. The van der Waals surface area contributed by atoms with Crippen LogP contribution in [0.4, 0.5) is 0 Å². The monoisotopic (exact) mass is 581 g/mol. The van der Waals surface area contributed by atoms with Gasteiger partial charge in [0.25, 0.3) is 0 Å². The second-order valence-electron chi connectivity index (χ2n) is 13.0. The van der Waals surface area contributed by atoms with Crippen molar-refractivity contribution in [1.82, 2.24) is 4.57 Å². The SMILES string of the molecule is Cc1cc(C)c(B(c2ccc(-n3c4ccccc4c4cc5c(cc43)oc3ccccc35)cc2)c2c(C)cc(C)cc2C)c(C)c1. The molecule has 0 bridgehead atoms. The number of aromatic nitrogens is 1. The van der Waals surface area contributed by atoms with Crippen molar-refractivity contribution in [3.63, 3.8) is 0 Å². The van der Waals surface area contributed by atoms with Crippen LogP contribution in [0.15, 0.2) is 114 Å². The summed E-state index contributed by atoms with van der Waals surface area (Å²) in [5, 5.41) is 4.80. The highest BCUT2D eigenvalue weighted by Crippen LogP contribution is 2.38. The lowest BCUT2D eigenvalue weighted by Gasteiger charge is -2.25. The molecule has 0 aliphatic carbocycles. The largest absolute Gasteiger partial charge is 0.456 e. The Morgan fingerprint density at radius 1 is 0.467 bits per heavy atom. The summed E-state index contributed by atoms with van der Waals surface area (Å²) in [6.45, 7) is 13.6. The predicted molar refractivity (Wildman–Crippen MR) is 194 cm³/mol. The number of nitrogens with zero attached hydrogens (tertiary/aromatic N) is 1. The second-order valence-corrected chi connectivity index (χ2v) is 13.0. The van der Waals surface area contributed by atoms with Gasteiger partial charge in [-0.15, -0.1) is 0 Å². The number of fused-ring (bicyclic) bond motifs is 6. The highest BCUT2D eigenvalue weighted by molar-refractivity contribution is 6.96. The molecule has 0 spiro atoms. The molecule has 6 aromatic carbocycles. The first-order valence-electron chi connectivity index (χ1n) is 15.9. The summed E-state index contributed by atoms with van der Waals surface area (Å²) in [7, 11) is 0. The van der Waals surface area contributed by atoms with Crippen LogP contribution in [-0.4, -0.2) is 11.3 Å². The predicted octanol–water partition coefficient (Wildman–Crippen LogP) is 9.05. The summed E-state index contributed by atoms with van der Waals surface area (Å²) in [6, 6.07) is 40.2. The van der Waals surface area contributed by atoms with E-state index in [1.807, 2.05) is 6.07 Å². The van der Waals surface area contributed by atoms with E-state index in [1.54, 1.807) is 0 Å². The van der Waals surface area contributed by atoms with E-state index in [0.29, 0.717) is 0 Å². The van der Waals surface area contributed by atoms with Crippen LogP contribution < -0.4 is 16.4 Å².